The van der Waals surface area contributed by atoms with Gasteiger partial charge in [0.25, 0.3) is 0 Å². The summed E-state index contributed by atoms with van der Waals surface area (Å²) >= 11 is 3.60. The lowest BCUT2D eigenvalue weighted by molar-refractivity contribution is 0.0909. The van der Waals surface area contributed by atoms with Gasteiger partial charge in [0, 0.05) is 31.5 Å². The van der Waals surface area contributed by atoms with Gasteiger partial charge in [0.1, 0.15) is 24.0 Å². The molecule has 1 atom stereocenters. The molecule has 5 heterocycles. The van der Waals surface area contributed by atoms with Crippen LogP contribution in [0.5, 0.6) is 0 Å². The summed E-state index contributed by atoms with van der Waals surface area (Å²) in [6.45, 7) is 2.84. The molecule has 0 radical (unpaired) electrons. The van der Waals surface area contributed by atoms with Crippen molar-refractivity contribution < 1.29 is 15.0 Å². The number of aliphatic hydroxyl groups excluding tert-OH is 1. The van der Waals surface area contributed by atoms with Crippen LogP contribution in [0, 0.1) is 6.92 Å². The number of aryl methyl sites for hydroxylation is 1. The second-order valence-electron chi connectivity index (χ2n) is 9.68. The fraction of sp³-hybridized carbons (Fsp3) is 0.259. The second kappa shape index (κ2) is 10.7. The summed E-state index contributed by atoms with van der Waals surface area (Å²) in [5.74, 6) is 1.20. The van der Waals surface area contributed by atoms with Crippen LogP contribution < -0.4 is 10.2 Å². The van der Waals surface area contributed by atoms with E-state index in [0.717, 1.165) is 33.4 Å². The van der Waals surface area contributed by atoms with Crippen molar-refractivity contribution in [1.29, 1.82) is 0 Å². The summed E-state index contributed by atoms with van der Waals surface area (Å²) in [4.78, 5) is 32.8. The number of nitrogens with one attached hydrogen (secondary N) is 1. The van der Waals surface area contributed by atoms with Crippen molar-refractivity contribution >= 4 is 56.0 Å². The average molecular weight is 604 g/mol. The first kappa shape index (κ1) is 25.9. The second-order valence-corrected chi connectivity index (χ2v) is 10.5. The summed E-state index contributed by atoms with van der Waals surface area (Å²) in [6.07, 6.45) is 4.69. The lowest BCUT2D eigenvalue weighted by Gasteiger charge is -2.40. The maximum Gasteiger partial charge on any atom is 0.407 e. The summed E-state index contributed by atoms with van der Waals surface area (Å²) in [6, 6.07) is 11.6. The van der Waals surface area contributed by atoms with Crippen LogP contribution in [-0.4, -0.2) is 83.0 Å². The molecule has 1 aliphatic heterocycles. The third-order valence-corrected chi connectivity index (χ3v) is 7.71. The van der Waals surface area contributed by atoms with Crippen LogP contribution in [-0.2, 0) is 6.42 Å². The van der Waals surface area contributed by atoms with E-state index in [9.17, 15) is 15.0 Å². The number of piperazine rings is 1. The Bertz CT molecular complexity index is 1730. The molecule has 4 aromatic heterocycles. The molecule has 1 saturated heterocycles. The fourth-order valence-electron chi connectivity index (χ4n) is 5.02. The molecule has 0 unspecified atom stereocenters. The molecule has 5 aromatic rings. The molecule has 0 spiro atoms. The molecule has 12 nitrogen and oxygen atoms in total. The first-order valence-electron chi connectivity index (χ1n) is 12.7. The molecule has 1 fully saturated rings. The third-order valence-electron chi connectivity index (χ3n) is 7.13. The molecule has 0 bridgehead atoms. The van der Waals surface area contributed by atoms with Gasteiger partial charge in [-0.15, -0.1) is 0 Å². The van der Waals surface area contributed by atoms with Gasteiger partial charge in [0.15, 0.2) is 11.5 Å². The van der Waals surface area contributed by atoms with E-state index in [1.165, 1.54) is 16.8 Å². The minimum Gasteiger partial charge on any atom is -0.465 e. The smallest absolute Gasteiger partial charge is 0.407 e. The number of fused-ring (bicyclic) bond motifs is 2. The van der Waals surface area contributed by atoms with Crippen molar-refractivity contribution in [2.75, 3.05) is 36.5 Å². The minimum atomic E-state index is -1.04. The first-order chi connectivity index (χ1) is 19.4. The molecule has 6 rings (SSSR count). The Morgan fingerprint density at radius 1 is 1.12 bits per heavy atom. The standard InChI is InChI=1S/C27H26BrN9O3/c1-16-8-19(3-2-18(16)9-17-4-5-37-23(10-17)30-15-32-37)33-25-24-22(29-14-31-25)11-21(28)26(34-24)35-6-7-36(27(39)40)20(12-35)13-38/h2-5,8,10-11,14-15,20,38H,6-7,9,12-13H2,1H3,(H,39,40)(H,29,31,33)/t20-/m0/s1. The van der Waals surface area contributed by atoms with Gasteiger partial charge in [-0.25, -0.2) is 29.2 Å². The lowest BCUT2D eigenvalue weighted by Crippen LogP contribution is -2.56. The largest absolute Gasteiger partial charge is 0.465 e. The van der Waals surface area contributed by atoms with Crippen LogP contribution in [0.4, 0.5) is 22.1 Å². The number of hydrogen-bond acceptors (Lipinski definition) is 9. The van der Waals surface area contributed by atoms with Crippen molar-refractivity contribution in [1.82, 2.24) is 34.4 Å². The monoisotopic (exact) mass is 603 g/mol. The molecule has 40 heavy (non-hydrogen) atoms. The number of aliphatic hydroxyl groups is 1. The predicted octanol–water partition coefficient (Wildman–Crippen LogP) is 3.63. The van der Waals surface area contributed by atoms with Gasteiger partial charge in [-0.05, 0) is 76.3 Å². The first-order valence-corrected chi connectivity index (χ1v) is 13.5. The zero-order valence-corrected chi connectivity index (χ0v) is 23.2. The minimum absolute atomic E-state index is 0.265. The Hall–Kier alpha value is -4.36. The van der Waals surface area contributed by atoms with Crippen molar-refractivity contribution in [2.24, 2.45) is 0 Å². The van der Waals surface area contributed by atoms with Crippen LogP contribution in [0.15, 0.2) is 59.7 Å². The number of halogens is 1. The SMILES string of the molecule is Cc1cc(Nc2ncnc3cc(Br)c(N4CCN(C(=O)O)[C@H](CO)C4)nc23)ccc1Cc1ccn2ncnc2c1. The number of anilines is 3. The maximum absolute atomic E-state index is 11.5. The van der Waals surface area contributed by atoms with Crippen molar-refractivity contribution in [3.8, 4) is 0 Å². The zero-order chi connectivity index (χ0) is 27.8. The summed E-state index contributed by atoms with van der Waals surface area (Å²) in [7, 11) is 0. The Kier molecular flexibility index (Phi) is 6.90. The van der Waals surface area contributed by atoms with Gasteiger partial charge < -0.3 is 20.4 Å². The van der Waals surface area contributed by atoms with E-state index >= 15 is 0 Å². The molecular weight excluding hydrogens is 578 g/mol. The molecule has 0 aliphatic carbocycles. The topological polar surface area (TPSA) is 145 Å². The summed E-state index contributed by atoms with van der Waals surface area (Å²) in [5, 5.41) is 26.8. The number of carboxylic acid groups (broad SMARTS) is 1. The molecule has 1 amide bonds. The number of nitrogens with zero attached hydrogens (tertiary/aromatic N) is 8. The van der Waals surface area contributed by atoms with Crippen LogP contribution in [0.25, 0.3) is 16.7 Å². The number of pyridine rings is 2. The van der Waals surface area contributed by atoms with E-state index in [1.54, 1.807) is 10.8 Å². The molecule has 0 saturated carbocycles. The highest BCUT2D eigenvalue weighted by molar-refractivity contribution is 9.10. The van der Waals surface area contributed by atoms with Crippen LogP contribution in [0.2, 0.25) is 0 Å². The Balaban J connectivity index is 1.25. The predicted molar refractivity (Wildman–Crippen MR) is 153 cm³/mol. The summed E-state index contributed by atoms with van der Waals surface area (Å²) < 4.78 is 2.48. The summed E-state index contributed by atoms with van der Waals surface area (Å²) in [5.41, 5.74) is 6.42. The molecule has 204 valence electrons. The Morgan fingerprint density at radius 3 is 2.80 bits per heavy atom. The zero-order valence-electron chi connectivity index (χ0n) is 21.6. The number of carbonyl (C=O) groups is 1. The quantitative estimate of drug-likeness (QED) is 0.263. The van der Waals surface area contributed by atoms with Crippen LogP contribution >= 0.6 is 15.9 Å². The number of amides is 1. The number of benzene rings is 1. The van der Waals surface area contributed by atoms with E-state index in [0.29, 0.717) is 35.8 Å². The van der Waals surface area contributed by atoms with Crippen LogP contribution in [0.1, 0.15) is 16.7 Å². The van der Waals surface area contributed by atoms with E-state index in [1.807, 2.05) is 35.4 Å². The van der Waals surface area contributed by atoms with Gasteiger partial charge in [-0.1, -0.05) is 6.07 Å². The van der Waals surface area contributed by atoms with Crippen molar-refractivity contribution in [3.05, 3.63) is 76.4 Å². The molecular formula is C27H26BrN9O3. The number of aromatic nitrogens is 6. The van der Waals surface area contributed by atoms with Crippen molar-refractivity contribution in [2.45, 2.75) is 19.4 Å². The van der Waals surface area contributed by atoms with Gasteiger partial charge in [-0.3, -0.25) is 4.90 Å². The maximum atomic E-state index is 11.5. The van der Waals surface area contributed by atoms with Gasteiger partial charge in [-0.2, -0.15) is 5.10 Å². The van der Waals surface area contributed by atoms with Gasteiger partial charge in [0.05, 0.1) is 22.6 Å². The normalized spacial score (nSPS) is 15.6. The molecule has 13 heteroatoms. The van der Waals surface area contributed by atoms with E-state index < -0.39 is 12.1 Å². The number of rotatable bonds is 6. The Morgan fingerprint density at radius 2 is 2.00 bits per heavy atom. The molecule has 1 aliphatic rings. The fourth-order valence-corrected chi connectivity index (χ4v) is 5.57. The van der Waals surface area contributed by atoms with E-state index in [-0.39, 0.29) is 13.2 Å². The highest BCUT2D eigenvalue weighted by atomic mass is 79.9. The highest BCUT2D eigenvalue weighted by Gasteiger charge is 2.31. The lowest BCUT2D eigenvalue weighted by atomic mass is 10.0. The highest BCUT2D eigenvalue weighted by Crippen LogP contribution is 2.32. The third kappa shape index (κ3) is 5.00. The van der Waals surface area contributed by atoms with Gasteiger partial charge >= 0.3 is 6.09 Å². The molecule has 3 N–H and O–H groups in total. The van der Waals surface area contributed by atoms with Gasteiger partial charge in [0.2, 0.25) is 0 Å². The Labute approximate surface area is 237 Å². The van der Waals surface area contributed by atoms with Crippen LogP contribution in [0.3, 0.4) is 0 Å². The average Bonchev–Trinajstić information content (AvgIpc) is 3.42. The van der Waals surface area contributed by atoms with E-state index in [4.69, 9.17) is 4.98 Å². The van der Waals surface area contributed by atoms with E-state index in [2.05, 4.69) is 60.4 Å². The number of hydrogen-bond donors (Lipinski definition) is 3. The van der Waals surface area contributed by atoms with Crippen molar-refractivity contribution in [3.63, 3.8) is 0 Å². The molecule has 1 aromatic carbocycles.